The number of nitrogens with zero attached hydrogens (tertiary/aromatic N) is 5. The number of hydrogen-bond donors (Lipinski definition) is 1. The van der Waals surface area contributed by atoms with Crippen LogP contribution in [0.25, 0.3) is 17.2 Å². The number of fused-ring (bicyclic) bond motifs is 1. The van der Waals surface area contributed by atoms with Gasteiger partial charge < -0.3 is 5.32 Å². The van der Waals surface area contributed by atoms with Gasteiger partial charge in [-0.05, 0) is 38.1 Å². The molecule has 0 bridgehead atoms. The summed E-state index contributed by atoms with van der Waals surface area (Å²) in [6.45, 7) is 4.02. The lowest BCUT2D eigenvalue weighted by atomic mass is 10.2. The van der Waals surface area contributed by atoms with E-state index in [0.29, 0.717) is 11.7 Å². The standard InChI is InChI=1S/C18H16N6/c1-12-4-6-14(7-5-12)22-17-19-10-8-15(23-17)16-13(2)21-18-20-9-3-11-24(16)18/h3-11H,1-2H3,(H,19,22,23). The van der Waals surface area contributed by atoms with Gasteiger partial charge in [0.2, 0.25) is 11.7 Å². The van der Waals surface area contributed by atoms with Gasteiger partial charge in [0.1, 0.15) is 0 Å². The first-order chi connectivity index (χ1) is 11.7. The van der Waals surface area contributed by atoms with Crippen LogP contribution in [0.5, 0.6) is 0 Å². The lowest BCUT2D eigenvalue weighted by Crippen LogP contribution is -1.99. The molecule has 0 spiro atoms. The highest BCUT2D eigenvalue weighted by molar-refractivity contribution is 5.64. The van der Waals surface area contributed by atoms with Crippen LogP contribution in [-0.2, 0) is 0 Å². The zero-order valence-electron chi connectivity index (χ0n) is 13.4. The van der Waals surface area contributed by atoms with Gasteiger partial charge in [-0.3, -0.25) is 4.40 Å². The number of aromatic nitrogens is 5. The highest BCUT2D eigenvalue weighted by Crippen LogP contribution is 2.23. The Morgan fingerprint density at radius 3 is 2.58 bits per heavy atom. The molecule has 0 fully saturated rings. The van der Waals surface area contributed by atoms with Crippen LogP contribution in [0.15, 0.2) is 55.0 Å². The molecule has 0 unspecified atom stereocenters. The Bertz CT molecular complexity index is 1000. The normalized spacial score (nSPS) is 10.9. The molecule has 1 N–H and O–H groups in total. The van der Waals surface area contributed by atoms with E-state index in [-0.39, 0.29) is 0 Å². The molecule has 24 heavy (non-hydrogen) atoms. The maximum absolute atomic E-state index is 4.63. The van der Waals surface area contributed by atoms with E-state index in [2.05, 4.69) is 32.2 Å². The monoisotopic (exact) mass is 316 g/mol. The fourth-order valence-electron chi connectivity index (χ4n) is 2.62. The van der Waals surface area contributed by atoms with Gasteiger partial charge >= 0.3 is 0 Å². The van der Waals surface area contributed by atoms with Crippen molar-refractivity contribution < 1.29 is 0 Å². The number of nitrogens with one attached hydrogen (secondary N) is 1. The van der Waals surface area contributed by atoms with E-state index in [1.54, 1.807) is 12.4 Å². The largest absolute Gasteiger partial charge is 0.324 e. The molecule has 6 heteroatoms. The van der Waals surface area contributed by atoms with Gasteiger partial charge in [-0.15, -0.1) is 0 Å². The van der Waals surface area contributed by atoms with Crippen molar-refractivity contribution in [2.75, 3.05) is 5.32 Å². The Morgan fingerprint density at radius 1 is 0.917 bits per heavy atom. The maximum atomic E-state index is 4.63. The summed E-state index contributed by atoms with van der Waals surface area (Å²) >= 11 is 0. The molecule has 118 valence electrons. The van der Waals surface area contributed by atoms with Crippen LogP contribution in [-0.4, -0.2) is 24.3 Å². The van der Waals surface area contributed by atoms with Crippen LogP contribution >= 0.6 is 0 Å². The fourth-order valence-corrected chi connectivity index (χ4v) is 2.62. The molecule has 0 saturated heterocycles. The lowest BCUT2D eigenvalue weighted by Gasteiger charge is -2.07. The van der Waals surface area contributed by atoms with Crippen LogP contribution in [0.1, 0.15) is 11.3 Å². The Labute approximate surface area is 139 Å². The number of aryl methyl sites for hydroxylation is 2. The summed E-state index contributed by atoms with van der Waals surface area (Å²) in [6.07, 6.45) is 5.41. The summed E-state index contributed by atoms with van der Waals surface area (Å²) in [4.78, 5) is 17.7. The molecular weight excluding hydrogens is 300 g/mol. The zero-order valence-corrected chi connectivity index (χ0v) is 13.4. The first-order valence-corrected chi connectivity index (χ1v) is 7.67. The predicted molar refractivity (Wildman–Crippen MR) is 93.2 cm³/mol. The van der Waals surface area contributed by atoms with Crippen molar-refractivity contribution in [1.29, 1.82) is 0 Å². The highest BCUT2D eigenvalue weighted by Gasteiger charge is 2.13. The molecule has 3 heterocycles. The third kappa shape index (κ3) is 2.58. The van der Waals surface area contributed by atoms with Gasteiger partial charge in [0.25, 0.3) is 0 Å². The third-order valence-corrected chi connectivity index (χ3v) is 3.78. The van der Waals surface area contributed by atoms with Gasteiger partial charge in [-0.2, -0.15) is 0 Å². The average Bonchev–Trinajstić information content (AvgIpc) is 2.93. The van der Waals surface area contributed by atoms with Crippen LogP contribution in [0.2, 0.25) is 0 Å². The van der Waals surface area contributed by atoms with Crippen molar-refractivity contribution in [3.63, 3.8) is 0 Å². The fraction of sp³-hybridized carbons (Fsp3) is 0.111. The second-order valence-corrected chi connectivity index (χ2v) is 5.59. The van der Waals surface area contributed by atoms with Crippen molar-refractivity contribution in [3.05, 3.63) is 66.2 Å². The predicted octanol–water partition coefficient (Wildman–Crippen LogP) is 3.55. The van der Waals surface area contributed by atoms with Gasteiger partial charge in [0.05, 0.1) is 17.1 Å². The van der Waals surface area contributed by atoms with E-state index in [1.165, 1.54) is 5.56 Å². The second-order valence-electron chi connectivity index (χ2n) is 5.59. The lowest BCUT2D eigenvalue weighted by molar-refractivity contribution is 1.09. The molecule has 0 radical (unpaired) electrons. The molecule has 0 aliphatic heterocycles. The van der Waals surface area contributed by atoms with Crippen molar-refractivity contribution in [1.82, 2.24) is 24.3 Å². The number of imidazole rings is 1. The van der Waals surface area contributed by atoms with E-state index < -0.39 is 0 Å². The van der Waals surface area contributed by atoms with E-state index >= 15 is 0 Å². The smallest absolute Gasteiger partial charge is 0.234 e. The van der Waals surface area contributed by atoms with Crippen molar-refractivity contribution in [2.24, 2.45) is 0 Å². The molecule has 0 amide bonds. The minimum Gasteiger partial charge on any atom is -0.324 e. The Kier molecular flexibility index (Phi) is 3.42. The minimum atomic E-state index is 0.551. The summed E-state index contributed by atoms with van der Waals surface area (Å²) < 4.78 is 1.94. The maximum Gasteiger partial charge on any atom is 0.234 e. The van der Waals surface area contributed by atoms with Gasteiger partial charge in [0.15, 0.2) is 0 Å². The number of hydrogen-bond acceptors (Lipinski definition) is 5. The van der Waals surface area contributed by atoms with Gasteiger partial charge in [-0.1, -0.05) is 17.7 Å². The minimum absolute atomic E-state index is 0.551. The molecule has 4 aromatic rings. The Hall–Kier alpha value is -3.28. The van der Waals surface area contributed by atoms with E-state index in [0.717, 1.165) is 22.8 Å². The van der Waals surface area contributed by atoms with E-state index in [4.69, 9.17) is 0 Å². The summed E-state index contributed by atoms with van der Waals surface area (Å²) in [5.41, 5.74) is 4.78. The Balaban J connectivity index is 1.74. The van der Waals surface area contributed by atoms with Crippen LogP contribution in [0, 0.1) is 13.8 Å². The number of benzene rings is 1. The second kappa shape index (κ2) is 5.73. The zero-order chi connectivity index (χ0) is 16.5. The molecule has 0 aliphatic carbocycles. The topological polar surface area (TPSA) is 68.0 Å². The quantitative estimate of drug-likeness (QED) is 0.626. The average molecular weight is 316 g/mol. The first-order valence-electron chi connectivity index (χ1n) is 7.67. The molecule has 3 aromatic heterocycles. The van der Waals surface area contributed by atoms with Gasteiger partial charge in [0, 0.05) is 24.3 Å². The molecule has 0 atom stereocenters. The number of anilines is 2. The highest BCUT2D eigenvalue weighted by atomic mass is 15.1. The molecular formula is C18H16N6. The van der Waals surface area contributed by atoms with E-state index in [1.807, 2.05) is 53.9 Å². The van der Waals surface area contributed by atoms with Crippen LogP contribution < -0.4 is 5.32 Å². The van der Waals surface area contributed by atoms with Crippen molar-refractivity contribution >= 4 is 17.4 Å². The van der Waals surface area contributed by atoms with Crippen molar-refractivity contribution in [2.45, 2.75) is 13.8 Å². The SMILES string of the molecule is Cc1ccc(Nc2nccc(-c3c(C)nc4ncccn34)n2)cc1. The first kappa shape index (κ1) is 14.3. The molecule has 6 nitrogen and oxygen atoms in total. The number of rotatable bonds is 3. The molecule has 4 rings (SSSR count). The summed E-state index contributed by atoms with van der Waals surface area (Å²) in [7, 11) is 0. The molecule has 0 saturated carbocycles. The third-order valence-electron chi connectivity index (χ3n) is 3.78. The van der Waals surface area contributed by atoms with Crippen LogP contribution in [0.4, 0.5) is 11.6 Å². The molecule has 0 aliphatic rings. The summed E-state index contributed by atoms with van der Waals surface area (Å²) in [5.74, 6) is 1.21. The summed E-state index contributed by atoms with van der Waals surface area (Å²) in [5, 5.41) is 3.23. The molecule has 1 aromatic carbocycles. The van der Waals surface area contributed by atoms with Crippen molar-refractivity contribution in [3.8, 4) is 11.4 Å². The van der Waals surface area contributed by atoms with Gasteiger partial charge in [-0.25, -0.2) is 19.9 Å². The van der Waals surface area contributed by atoms with E-state index in [9.17, 15) is 0 Å². The Morgan fingerprint density at radius 2 is 1.75 bits per heavy atom. The summed E-state index contributed by atoms with van der Waals surface area (Å²) in [6, 6.07) is 11.9. The van der Waals surface area contributed by atoms with Crippen LogP contribution in [0.3, 0.4) is 0 Å².